The zero-order valence-corrected chi connectivity index (χ0v) is 10.5. The number of ether oxygens (including phenoxy) is 1. The summed E-state index contributed by atoms with van der Waals surface area (Å²) in [5.41, 5.74) is 2.12. The number of likely N-dealkylation sites (tertiary alicyclic amines) is 1. The van der Waals surface area contributed by atoms with Gasteiger partial charge in [-0.2, -0.15) is 0 Å². The summed E-state index contributed by atoms with van der Waals surface area (Å²) in [4.78, 5) is 24.5. The van der Waals surface area contributed by atoms with E-state index in [0.717, 1.165) is 11.1 Å². The van der Waals surface area contributed by atoms with Crippen LogP contribution in [0.3, 0.4) is 0 Å². The number of piperidine rings is 1. The van der Waals surface area contributed by atoms with Gasteiger partial charge in [-0.3, -0.25) is 4.79 Å². The molecule has 0 bridgehead atoms. The van der Waals surface area contributed by atoms with E-state index in [1.165, 1.54) is 0 Å². The first-order valence-electron chi connectivity index (χ1n) is 6.15. The van der Waals surface area contributed by atoms with Crippen LogP contribution in [0.5, 0.6) is 0 Å². The van der Waals surface area contributed by atoms with Crippen LogP contribution in [0.1, 0.15) is 24.0 Å². The van der Waals surface area contributed by atoms with Crippen molar-refractivity contribution in [2.75, 3.05) is 13.1 Å². The molecule has 0 unspecified atom stereocenters. The first-order valence-corrected chi connectivity index (χ1v) is 6.15. The summed E-state index contributed by atoms with van der Waals surface area (Å²) in [5, 5.41) is 0. The average Bonchev–Trinajstić information content (AvgIpc) is 2.38. The normalized spacial score (nSPS) is 15.6. The Kier molecular flexibility index (Phi) is 3.97. The molecule has 1 saturated heterocycles. The molecule has 4 nitrogen and oxygen atoms in total. The Morgan fingerprint density at radius 2 is 1.94 bits per heavy atom. The monoisotopic (exact) mass is 247 g/mol. The lowest BCUT2D eigenvalue weighted by Gasteiger charge is -2.25. The summed E-state index contributed by atoms with van der Waals surface area (Å²) in [5.74, 6) is 0.220. The van der Waals surface area contributed by atoms with Crippen molar-refractivity contribution < 1.29 is 14.3 Å². The van der Waals surface area contributed by atoms with Gasteiger partial charge in [-0.15, -0.1) is 0 Å². The number of nitrogens with zero attached hydrogens (tertiary/aromatic N) is 1. The summed E-state index contributed by atoms with van der Waals surface area (Å²) >= 11 is 0. The largest absolute Gasteiger partial charge is 0.445 e. The average molecular weight is 247 g/mol. The van der Waals surface area contributed by atoms with Gasteiger partial charge in [0, 0.05) is 25.9 Å². The number of benzene rings is 1. The van der Waals surface area contributed by atoms with Gasteiger partial charge >= 0.3 is 6.09 Å². The van der Waals surface area contributed by atoms with Crippen molar-refractivity contribution >= 4 is 11.9 Å². The van der Waals surface area contributed by atoms with E-state index >= 15 is 0 Å². The first-order chi connectivity index (χ1) is 8.66. The summed E-state index contributed by atoms with van der Waals surface area (Å²) in [6.07, 6.45) is 0.560. The van der Waals surface area contributed by atoms with E-state index in [1.807, 2.05) is 31.2 Å². The van der Waals surface area contributed by atoms with E-state index in [2.05, 4.69) is 0 Å². The number of rotatable bonds is 2. The smallest absolute Gasteiger partial charge is 0.410 e. The molecule has 2 rings (SSSR count). The van der Waals surface area contributed by atoms with Gasteiger partial charge in [0.25, 0.3) is 0 Å². The van der Waals surface area contributed by atoms with Crippen molar-refractivity contribution in [1.82, 2.24) is 4.90 Å². The van der Waals surface area contributed by atoms with Crippen LogP contribution >= 0.6 is 0 Å². The van der Waals surface area contributed by atoms with Crippen molar-refractivity contribution in [2.24, 2.45) is 0 Å². The number of hydrogen-bond acceptors (Lipinski definition) is 3. The Hall–Kier alpha value is -1.84. The number of ketones is 1. The van der Waals surface area contributed by atoms with Gasteiger partial charge in [0.05, 0.1) is 0 Å². The second-order valence-corrected chi connectivity index (χ2v) is 4.51. The predicted octanol–water partition coefficient (Wildman–Crippen LogP) is 2.30. The van der Waals surface area contributed by atoms with E-state index in [-0.39, 0.29) is 18.5 Å². The third-order valence-corrected chi connectivity index (χ3v) is 3.19. The van der Waals surface area contributed by atoms with Crippen LogP contribution in [0, 0.1) is 6.92 Å². The van der Waals surface area contributed by atoms with Crippen LogP contribution in [-0.4, -0.2) is 29.9 Å². The van der Waals surface area contributed by atoms with E-state index in [0.29, 0.717) is 25.9 Å². The molecular weight excluding hydrogens is 230 g/mol. The number of carbonyl (C=O) groups excluding carboxylic acids is 2. The fourth-order valence-corrected chi connectivity index (χ4v) is 1.94. The molecule has 96 valence electrons. The number of carbonyl (C=O) groups is 2. The van der Waals surface area contributed by atoms with Crippen LogP contribution in [-0.2, 0) is 16.1 Å². The Morgan fingerprint density at radius 1 is 1.28 bits per heavy atom. The molecule has 0 saturated carbocycles. The van der Waals surface area contributed by atoms with Gasteiger partial charge in [-0.25, -0.2) is 4.79 Å². The minimum Gasteiger partial charge on any atom is -0.445 e. The molecule has 4 heteroatoms. The van der Waals surface area contributed by atoms with Crippen LogP contribution in [0.15, 0.2) is 24.3 Å². The predicted molar refractivity (Wildman–Crippen MR) is 67.2 cm³/mol. The van der Waals surface area contributed by atoms with Gasteiger partial charge in [-0.1, -0.05) is 24.3 Å². The highest BCUT2D eigenvalue weighted by molar-refractivity contribution is 5.81. The van der Waals surface area contributed by atoms with Crippen LogP contribution in [0.25, 0.3) is 0 Å². The molecule has 0 aliphatic carbocycles. The topological polar surface area (TPSA) is 46.6 Å². The Bertz CT molecular complexity index is 446. The number of Topliss-reactive ketones (excluding diaryl/α,β-unsaturated/α-hetero) is 1. The molecule has 0 spiro atoms. The molecule has 0 N–H and O–H groups in total. The number of aryl methyl sites for hydroxylation is 1. The molecule has 1 aromatic rings. The zero-order valence-electron chi connectivity index (χ0n) is 10.5. The Labute approximate surface area is 107 Å². The molecular formula is C14H17NO3. The number of hydrogen-bond donors (Lipinski definition) is 0. The molecule has 1 amide bonds. The molecule has 0 aromatic heterocycles. The molecule has 1 aliphatic heterocycles. The second-order valence-electron chi connectivity index (χ2n) is 4.51. The van der Waals surface area contributed by atoms with Gasteiger partial charge < -0.3 is 9.64 Å². The standard InChI is InChI=1S/C14H17NO3/c1-11-4-2-3-5-12(11)10-18-14(17)15-8-6-13(16)7-9-15/h2-5H,6-10H2,1H3. The summed E-state index contributed by atoms with van der Waals surface area (Å²) in [6, 6.07) is 7.82. The van der Waals surface area contributed by atoms with E-state index in [4.69, 9.17) is 4.74 Å². The molecule has 1 aliphatic rings. The van der Waals surface area contributed by atoms with Crippen molar-refractivity contribution in [2.45, 2.75) is 26.4 Å². The molecule has 0 atom stereocenters. The van der Waals surface area contributed by atoms with Crippen molar-refractivity contribution in [3.63, 3.8) is 0 Å². The van der Waals surface area contributed by atoms with Crippen molar-refractivity contribution in [3.8, 4) is 0 Å². The Morgan fingerprint density at radius 3 is 2.61 bits per heavy atom. The molecule has 1 aromatic carbocycles. The van der Waals surface area contributed by atoms with Crippen molar-refractivity contribution in [3.05, 3.63) is 35.4 Å². The van der Waals surface area contributed by atoms with Crippen LogP contribution < -0.4 is 0 Å². The Balaban J connectivity index is 1.85. The van der Waals surface area contributed by atoms with E-state index < -0.39 is 0 Å². The second kappa shape index (κ2) is 5.67. The van der Waals surface area contributed by atoms with E-state index in [1.54, 1.807) is 4.90 Å². The maximum Gasteiger partial charge on any atom is 0.410 e. The molecule has 1 fully saturated rings. The molecule has 18 heavy (non-hydrogen) atoms. The van der Waals surface area contributed by atoms with E-state index in [9.17, 15) is 9.59 Å². The minimum atomic E-state index is -0.328. The third kappa shape index (κ3) is 3.09. The van der Waals surface area contributed by atoms with Crippen LogP contribution in [0.2, 0.25) is 0 Å². The highest BCUT2D eigenvalue weighted by Crippen LogP contribution is 2.11. The third-order valence-electron chi connectivity index (χ3n) is 3.19. The van der Waals surface area contributed by atoms with Crippen molar-refractivity contribution in [1.29, 1.82) is 0 Å². The molecule has 0 radical (unpaired) electrons. The summed E-state index contributed by atoms with van der Waals surface area (Å²) in [7, 11) is 0. The SMILES string of the molecule is Cc1ccccc1COC(=O)N1CCC(=O)CC1. The lowest BCUT2D eigenvalue weighted by molar-refractivity contribution is -0.121. The quantitative estimate of drug-likeness (QED) is 0.805. The highest BCUT2D eigenvalue weighted by Gasteiger charge is 2.21. The number of amides is 1. The van der Waals surface area contributed by atoms with Gasteiger partial charge in [-0.05, 0) is 18.1 Å². The maximum atomic E-state index is 11.8. The first kappa shape index (κ1) is 12.6. The fraction of sp³-hybridized carbons (Fsp3) is 0.429. The molecule has 1 heterocycles. The van der Waals surface area contributed by atoms with Crippen LogP contribution in [0.4, 0.5) is 4.79 Å². The van der Waals surface area contributed by atoms with Gasteiger partial charge in [0.1, 0.15) is 12.4 Å². The fourth-order valence-electron chi connectivity index (χ4n) is 1.94. The van der Waals surface area contributed by atoms with Gasteiger partial charge in [0.15, 0.2) is 0 Å². The highest BCUT2D eigenvalue weighted by atomic mass is 16.6. The summed E-state index contributed by atoms with van der Waals surface area (Å²) < 4.78 is 5.26. The van der Waals surface area contributed by atoms with Gasteiger partial charge in [0.2, 0.25) is 0 Å². The zero-order chi connectivity index (χ0) is 13.0. The maximum absolute atomic E-state index is 11.8. The lowest BCUT2D eigenvalue weighted by atomic mass is 10.1. The minimum absolute atomic E-state index is 0.220. The summed E-state index contributed by atoms with van der Waals surface area (Å²) in [6.45, 7) is 3.23. The lowest BCUT2D eigenvalue weighted by Crippen LogP contribution is -2.38.